The highest BCUT2D eigenvalue weighted by atomic mass is 127. The largest absolute Gasteiger partial charge is 0.298 e. The number of carbonyl (C=O) groups excluding carboxylic acids is 1. The molecule has 0 aromatic rings. The van der Waals surface area contributed by atoms with Gasteiger partial charge in [0.05, 0.1) is 3.42 Å². The van der Waals surface area contributed by atoms with Crippen LogP contribution >= 0.6 is 22.6 Å². The van der Waals surface area contributed by atoms with Crippen LogP contribution in [0.2, 0.25) is 19.6 Å². The third-order valence-corrected chi connectivity index (χ3v) is 7.48. The van der Waals surface area contributed by atoms with Crippen molar-refractivity contribution in [2.24, 2.45) is 11.3 Å². The quantitative estimate of drug-likeness (QED) is 0.285. The van der Waals surface area contributed by atoms with E-state index in [1.807, 2.05) is 0 Å². The monoisotopic (exact) mass is 390 g/mol. The predicted molar refractivity (Wildman–Crippen MR) is 94.3 cm³/mol. The van der Waals surface area contributed by atoms with E-state index in [9.17, 15) is 4.79 Å². The summed E-state index contributed by atoms with van der Waals surface area (Å²) in [6, 6.07) is 0. The average molecular weight is 390 g/mol. The maximum atomic E-state index is 12.2. The molecule has 1 aliphatic rings. The second-order valence-corrected chi connectivity index (χ2v) is 14.2. The minimum Gasteiger partial charge on any atom is -0.298 e. The topological polar surface area (TPSA) is 17.1 Å². The van der Waals surface area contributed by atoms with Gasteiger partial charge in [0, 0.05) is 12.8 Å². The molecule has 0 spiro atoms. The zero-order valence-corrected chi connectivity index (χ0v) is 16.3. The van der Waals surface area contributed by atoms with E-state index in [2.05, 4.69) is 74.5 Å². The molecule has 0 unspecified atom stereocenters. The summed E-state index contributed by atoms with van der Waals surface area (Å²) < 4.78 is -0.233. The van der Waals surface area contributed by atoms with Crippen LogP contribution in [0.3, 0.4) is 0 Å². The third kappa shape index (κ3) is 3.84. The number of alkyl halides is 1. The van der Waals surface area contributed by atoms with E-state index in [4.69, 9.17) is 0 Å². The van der Waals surface area contributed by atoms with Crippen LogP contribution in [0.1, 0.15) is 46.5 Å². The minimum atomic E-state index is -1.26. The fourth-order valence-corrected chi connectivity index (χ4v) is 4.54. The lowest BCUT2D eigenvalue weighted by molar-refractivity contribution is -0.128. The molecule has 108 valence electrons. The number of Topliss-reactive ketones (excluding diaryl/α,β-unsaturated/α-hetero) is 1. The van der Waals surface area contributed by atoms with Gasteiger partial charge < -0.3 is 0 Å². The Kier molecular flexibility index (Phi) is 5.34. The molecule has 0 heterocycles. The molecular formula is C16H27IOSi. The molecule has 3 atom stereocenters. The fourth-order valence-electron chi connectivity index (χ4n) is 2.81. The lowest BCUT2D eigenvalue weighted by atomic mass is 9.60. The maximum Gasteiger partial charge on any atom is 0.149 e. The first kappa shape index (κ1) is 17.2. The van der Waals surface area contributed by atoms with Gasteiger partial charge in [0.15, 0.2) is 0 Å². The van der Waals surface area contributed by atoms with Crippen molar-refractivity contribution in [3.63, 3.8) is 0 Å². The summed E-state index contributed by atoms with van der Waals surface area (Å²) in [5.41, 5.74) is 3.51. The standard InChI is InChI=1S/C16H27IOSi/c1-13-9-10-14(18)16(3,17)15(13,2)11-7-8-12-19(4,5)6/h13H,7,9-11H2,1-6H3/t13-,15+,16+/m1/s1. The Morgan fingerprint density at radius 3 is 2.47 bits per heavy atom. The van der Waals surface area contributed by atoms with Crippen LogP contribution in [0.4, 0.5) is 0 Å². The van der Waals surface area contributed by atoms with Crippen LogP contribution in [-0.4, -0.2) is 17.3 Å². The van der Waals surface area contributed by atoms with E-state index in [0.717, 1.165) is 25.7 Å². The Morgan fingerprint density at radius 1 is 1.37 bits per heavy atom. The highest BCUT2D eigenvalue weighted by molar-refractivity contribution is 14.1. The van der Waals surface area contributed by atoms with Crippen molar-refractivity contribution in [2.75, 3.05) is 0 Å². The Hall–Kier alpha value is 0.177. The van der Waals surface area contributed by atoms with Crippen LogP contribution in [0, 0.1) is 22.8 Å². The van der Waals surface area contributed by atoms with E-state index in [-0.39, 0.29) is 8.84 Å². The molecule has 3 heteroatoms. The fraction of sp³-hybridized carbons (Fsp3) is 0.812. The number of hydrogen-bond donors (Lipinski definition) is 0. The van der Waals surface area contributed by atoms with Gasteiger partial charge >= 0.3 is 0 Å². The summed E-state index contributed by atoms with van der Waals surface area (Å²) in [5, 5.41) is 0. The molecule has 0 radical (unpaired) electrons. The molecule has 1 aliphatic carbocycles. The van der Waals surface area contributed by atoms with Gasteiger partial charge in [-0.1, -0.05) is 56.1 Å². The summed E-state index contributed by atoms with van der Waals surface area (Å²) in [6.45, 7) is 13.5. The smallest absolute Gasteiger partial charge is 0.149 e. The summed E-state index contributed by atoms with van der Waals surface area (Å²) in [4.78, 5) is 12.2. The Bertz CT molecular complexity index is 411. The van der Waals surface area contributed by atoms with Crippen LogP contribution in [0.15, 0.2) is 0 Å². The normalized spacial score (nSPS) is 35.7. The second-order valence-electron chi connectivity index (χ2n) is 7.34. The number of halogens is 1. The average Bonchev–Trinajstić information content (AvgIpc) is 2.27. The molecule has 0 aliphatic heterocycles. The number of ketones is 1. The van der Waals surface area contributed by atoms with E-state index in [1.54, 1.807) is 0 Å². The van der Waals surface area contributed by atoms with Gasteiger partial charge in [-0.15, -0.1) is 11.5 Å². The molecule has 0 amide bonds. The van der Waals surface area contributed by atoms with Gasteiger partial charge in [0.25, 0.3) is 0 Å². The van der Waals surface area contributed by atoms with Crippen molar-refractivity contribution >= 4 is 36.4 Å². The number of hydrogen-bond acceptors (Lipinski definition) is 1. The third-order valence-electron chi connectivity index (χ3n) is 4.72. The Labute approximate surface area is 133 Å². The van der Waals surface area contributed by atoms with Crippen molar-refractivity contribution in [1.82, 2.24) is 0 Å². The zero-order chi connectivity index (χ0) is 14.9. The lowest BCUT2D eigenvalue weighted by Gasteiger charge is -2.49. The van der Waals surface area contributed by atoms with E-state index >= 15 is 0 Å². The lowest BCUT2D eigenvalue weighted by Crippen LogP contribution is -2.52. The highest BCUT2D eigenvalue weighted by Crippen LogP contribution is 2.53. The van der Waals surface area contributed by atoms with Crippen molar-refractivity contribution in [3.05, 3.63) is 0 Å². The van der Waals surface area contributed by atoms with Gasteiger partial charge in [-0.05, 0) is 31.1 Å². The molecule has 0 bridgehead atoms. The Balaban J connectivity index is 2.82. The van der Waals surface area contributed by atoms with Crippen molar-refractivity contribution in [2.45, 2.75) is 69.5 Å². The van der Waals surface area contributed by atoms with Crippen LogP contribution in [0.5, 0.6) is 0 Å². The molecule has 19 heavy (non-hydrogen) atoms. The van der Waals surface area contributed by atoms with E-state index in [1.165, 1.54) is 0 Å². The summed E-state index contributed by atoms with van der Waals surface area (Å²) >= 11 is 2.39. The highest BCUT2D eigenvalue weighted by Gasteiger charge is 2.52. The van der Waals surface area contributed by atoms with Gasteiger partial charge in [0.2, 0.25) is 0 Å². The predicted octanol–water partition coefficient (Wildman–Crippen LogP) is 4.85. The van der Waals surface area contributed by atoms with Crippen LogP contribution in [-0.2, 0) is 4.79 Å². The summed E-state index contributed by atoms with van der Waals surface area (Å²) in [6.07, 6.45) is 3.75. The molecule has 1 fully saturated rings. The van der Waals surface area contributed by atoms with Gasteiger partial charge in [-0.25, -0.2) is 0 Å². The van der Waals surface area contributed by atoms with Crippen molar-refractivity contribution in [1.29, 1.82) is 0 Å². The molecule has 0 N–H and O–H groups in total. The first-order valence-electron chi connectivity index (χ1n) is 7.23. The van der Waals surface area contributed by atoms with Crippen molar-refractivity contribution < 1.29 is 4.79 Å². The first-order chi connectivity index (χ1) is 8.51. The van der Waals surface area contributed by atoms with Crippen LogP contribution in [0.25, 0.3) is 0 Å². The molecule has 1 saturated carbocycles. The second kappa shape index (κ2) is 5.89. The zero-order valence-electron chi connectivity index (χ0n) is 13.2. The molecule has 0 aromatic carbocycles. The molecule has 1 rings (SSSR count). The first-order valence-corrected chi connectivity index (χ1v) is 11.8. The van der Waals surface area contributed by atoms with E-state index in [0.29, 0.717) is 11.7 Å². The van der Waals surface area contributed by atoms with E-state index < -0.39 is 8.07 Å². The SMILES string of the molecule is C[C@@H]1CCC(=O)[C@](C)(I)[C@@]1(C)CCC#C[Si](C)(C)C. The van der Waals surface area contributed by atoms with Gasteiger partial charge in [-0.3, -0.25) is 4.79 Å². The summed E-state index contributed by atoms with van der Waals surface area (Å²) in [7, 11) is -1.26. The number of rotatable bonds is 2. The van der Waals surface area contributed by atoms with Gasteiger partial charge in [0.1, 0.15) is 13.9 Å². The molecule has 1 nitrogen and oxygen atoms in total. The Morgan fingerprint density at radius 2 is 1.95 bits per heavy atom. The summed E-state index contributed by atoms with van der Waals surface area (Å²) in [5.74, 6) is 4.39. The van der Waals surface area contributed by atoms with Crippen LogP contribution < -0.4 is 0 Å². The molecule has 0 aromatic heterocycles. The van der Waals surface area contributed by atoms with Crippen molar-refractivity contribution in [3.8, 4) is 11.5 Å². The number of carbonyl (C=O) groups is 1. The van der Waals surface area contributed by atoms with Gasteiger partial charge in [-0.2, -0.15) is 0 Å². The minimum absolute atomic E-state index is 0.0804. The molecule has 0 saturated heterocycles. The maximum absolute atomic E-state index is 12.2. The molecular weight excluding hydrogens is 363 g/mol.